The van der Waals surface area contributed by atoms with Crippen LogP contribution in [-0.4, -0.2) is 37.2 Å². The van der Waals surface area contributed by atoms with Crippen molar-refractivity contribution >= 4 is 0 Å². The lowest BCUT2D eigenvalue weighted by molar-refractivity contribution is -0.0311. The fraction of sp³-hybridized carbons (Fsp3) is 1.00. The van der Waals surface area contributed by atoms with Gasteiger partial charge in [-0.1, -0.05) is 13.8 Å². The van der Waals surface area contributed by atoms with Gasteiger partial charge in [-0.2, -0.15) is 0 Å². The number of rotatable bonds is 3. The number of nitrogens with zero attached hydrogens (tertiary/aromatic N) is 1. The second-order valence-corrected chi connectivity index (χ2v) is 5.06. The Morgan fingerprint density at radius 1 is 1.21 bits per heavy atom. The monoisotopic (exact) mass is 199 g/mol. The minimum Gasteiger partial charge on any atom is -0.381 e. The van der Waals surface area contributed by atoms with Gasteiger partial charge in [-0.3, -0.25) is 0 Å². The van der Waals surface area contributed by atoms with Gasteiger partial charge in [-0.15, -0.1) is 0 Å². The van der Waals surface area contributed by atoms with Gasteiger partial charge in [0.05, 0.1) is 6.10 Å². The summed E-state index contributed by atoms with van der Waals surface area (Å²) in [6.45, 7) is 11.6. The van der Waals surface area contributed by atoms with E-state index >= 15 is 0 Å². The molecule has 0 amide bonds. The summed E-state index contributed by atoms with van der Waals surface area (Å²) < 4.78 is 5.57. The van der Waals surface area contributed by atoms with Crippen LogP contribution >= 0.6 is 0 Å². The first-order chi connectivity index (χ1) is 6.56. The van der Waals surface area contributed by atoms with Crippen LogP contribution in [0.2, 0.25) is 0 Å². The van der Waals surface area contributed by atoms with E-state index in [-0.39, 0.29) is 0 Å². The number of ether oxygens (including phenoxy) is 1. The van der Waals surface area contributed by atoms with Crippen molar-refractivity contribution in [3.05, 3.63) is 0 Å². The molecule has 2 heteroatoms. The molecule has 0 saturated carbocycles. The Balaban J connectivity index is 2.57. The third-order valence-corrected chi connectivity index (χ3v) is 3.51. The van der Waals surface area contributed by atoms with E-state index in [1.165, 1.54) is 19.5 Å². The molecule has 1 aliphatic heterocycles. The molecule has 0 N–H and O–H groups in total. The predicted molar refractivity (Wildman–Crippen MR) is 60.5 cm³/mol. The highest BCUT2D eigenvalue weighted by atomic mass is 16.5. The molecule has 0 aromatic rings. The van der Waals surface area contributed by atoms with Crippen molar-refractivity contribution in [3.63, 3.8) is 0 Å². The lowest BCUT2D eigenvalue weighted by atomic mass is 9.85. The summed E-state index contributed by atoms with van der Waals surface area (Å²) in [5.74, 6) is 1.43. The van der Waals surface area contributed by atoms with E-state index in [0.29, 0.717) is 18.1 Å². The summed E-state index contributed by atoms with van der Waals surface area (Å²) in [6, 6.07) is 0.675. The smallest absolute Gasteiger partial charge is 0.0626 e. The summed E-state index contributed by atoms with van der Waals surface area (Å²) in [5.41, 5.74) is 0. The Kier molecular flexibility index (Phi) is 4.39. The molecular weight excluding hydrogens is 174 g/mol. The van der Waals surface area contributed by atoms with Gasteiger partial charge >= 0.3 is 0 Å². The molecular formula is C12H25NO. The lowest BCUT2D eigenvalue weighted by Crippen LogP contribution is -2.48. The first-order valence-corrected chi connectivity index (χ1v) is 5.83. The van der Waals surface area contributed by atoms with Crippen LogP contribution in [0, 0.1) is 11.8 Å². The number of piperidine rings is 1. The number of hydrogen-bond donors (Lipinski definition) is 0. The van der Waals surface area contributed by atoms with Gasteiger partial charge in [0, 0.05) is 32.2 Å². The average molecular weight is 199 g/mol. The predicted octanol–water partition coefficient (Wildman–Crippen LogP) is 2.39. The van der Waals surface area contributed by atoms with Gasteiger partial charge < -0.3 is 9.64 Å². The molecule has 84 valence electrons. The Bertz CT molecular complexity index is 168. The van der Waals surface area contributed by atoms with Crippen molar-refractivity contribution in [2.24, 2.45) is 11.8 Å². The summed E-state index contributed by atoms with van der Waals surface area (Å²) in [5, 5.41) is 0. The van der Waals surface area contributed by atoms with Crippen molar-refractivity contribution in [1.29, 1.82) is 0 Å². The fourth-order valence-corrected chi connectivity index (χ4v) is 2.39. The Hall–Kier alpha value is -0.0800. The van der Waals surface area contributed by atoms with Crippen molar-refractivity contribution in [2.45, 2.75) is 46.3 Å². The van der Waals surface area contributed by atoms with Crippen LogP contribution in [-0.2, 0) is 4.74 Å². The van der Waals surface area contributed by atoms with Crippen LogP contribution in [0.3, 0.4) is 0 Å². The van der Waals surface area contributed by atoms with Gasteiger partial charge in [-0.25, -0.2) is 0 Å². The molecule has 0 spiro atoms. The van der Waals surface area contributed by atoms with Crippen LogP contribution in [0.25, 0.3) is 0 Å². The van der Waals surface area contributed by atoms with E-state index in [4.69, 9.17) is 4.74 Å². The van der Waals surface area contributed by atoms with Crippen LogP contribution in [0.15, 0.2) is 0 Å². The molecule has 1 rings (SSSR count). The quantitative estimate of drug-likeness (QED) is 0.692. The van der Waals surface area contributed by atoms with Gasteiger partial charge in [0.2, 0.25) is 0 Å². The maximum absolute atomic E-state index is 5.57. The van der Waals surface area contributed by atoms with Gasteiger partial charge in [0.1, 0.15) is 0 Å². The van der Waals surface area contributed by atoms with E-state index in [0.717, 1.165) is 5.92 Å². The molecule has 0 bridgehead atoms. The molecule has 1 aliphatic rings. The molecule has 0 aromatic heterocycles. The van der Waals surface area contributed by atoms with E-state index in [9.17, 15) is 0 Å². The molecule has 0 radical (unpaired) electrons. The number of hydrogen-bond acceptors (Lipinski definition) is 2. The van der Waals surface area contributed by atoms with E-state index in [2.05, 4.69) is 32.6 Å². The molecule has 1 saturated heterocycles. The molecule has 1 fully saturated rings. The van der Waals surface area contributed by atoms with E-state index < -0.39 is 0 Å². The molecule has 1 unspecified atom stereocenters. The van der Waals surface area contributed by atoms with Crippen LogP contribution < -0.4 is 0 Å². The molecule has 2 nitrogen and oxygen atoms in total. The van der Waals surface area contributed by atoms with Gasteiger partial charge in [-0.05, 0) is 26.2 Å². The molecule has 1 heterocycles. The average Bonchev–Trinajstić information content (AvgIpc) is 2.16. The first-order valence-electron chi connectivity index (χ1n) is 5.83. The molecule has 0 aliphatic carbocycles. The Morgan fingerprint density at radius 2 is 1.86 bits per heavy atom. The molecule has 2 atom stereocenters. The molecule has 0 aromatic carbocycles. The number of likely N-dealkylation sites (tertiary alicyclic amines) is 1. The zero-order valence-corrected chi connectivity index (χ0v) is 10.3. The highest BCUT2D eigenvalue weighted by Gasteiger charge is 2.31. The maximum Gasteiger partial charge on any atom is 0.0626 e. The Morgan fingerprint density at radius 3 is 2.29 bits per heavy atom. The fourth-order valence-electron chi connectivity index (χ4n) is 2.39. The highest BCUT2D eigenvalue weighted by molar-refractivity contribution is 4.84. The third kappa shape index (κ3) is 2.71. The normalized spacial score (nSPS) is 30.2. The largest absolute Gasteiger partial charge is 0.381 e. The van der Waals surface area contributed by atoms with E-state index in [1.807, 2.05) is 7.11 Å². The second kappa shape index (κ2) is 5.13. The summed E-state index contributed by atoms with van der Waals surface area (Å²) >= 11 is 0. The summed E-state index contributed by atoms with van der Waals surface area (Å²) in [4.78, 5) is 2.57. The second-order valence-electron chi connectivity index (χ2n) is 5.06. The van der Waals surface area contributed by atoms with Gasteiger partial charge in [0.25, 0.3) is 0 Å². The SMILES string of the molecule is CO[C@@H]1CCN(C(C)C)CC1C(C)C. The highest BCUT2D eigenvalue weighted by Crippen LogP contribution is 2.27. The van der Waals surface area contributed by atoms with Crippen LogP contribution in [0.4, 0.5) is 0 Å². The van der Waals surface area contributed by atoms with Crippen molar-refractivity contribution in [3.8, 4) is 0 Å². The summed E-state index contributed by atoms with van der Waals surface area (Å²) in [6.07, 6.45) is 1.67. The van der Waals surface area contributed by atoms with E-state index in [1.54, 1.807) is 0 Å². The lowest BCUT2D eigenvalue weighted by Gasteiger charge is -2.41. The number of methoxy groups -OCH3 is 1. The Labute approximate surface area is 88.6 Å². The first kappa shape index (κ1) is 12.0. The maximum atomic E-state index is 5.57. The minimum atomic E-state index is 0.477. The van der Waals surface area contributed by atoms with Crippen molar-refractivity contribution < 1.29 is 4.74 Å². The van der Waals surface area contributed by atoms with Crippen LogP contribution in [0.5, 0.6) is 0 Å². The zero-order chi connectivity index (χ0) is 10.7. The van der Waals surface area contributed by atoms with Crippen molar-refractivity contribution in [2.75, 3.05) is 20.2 Å². The van der Waals surface area contributed by atoms with Crippen LogP contribution in [0.1, 0.15) is 34.1 Å². The molecule has 14 heavy (non-hydrogen) atoms. The van der Waals surface area contributed by atoms with Gasteiger partial charge in [0.15, 0.2) is 0 Å². The van der Waals surface area contributed by atoms with Crippen molar-refractivity contribution in [1.82, 2.24) is 4.90 Å². The zero-order valence-electron chi connectivity index (χ0n) is 10.3. The topological polar surface area (TPSA) is 12.5 Å². The third-order valence-electron chi connectivity index (χ3n) is 3.51. The standard InChI is InChI=1S/C12H25NO/c1-9(2)11-8-13(10(3)4)7-6-12(11)14-5/h9-12H,6-8H2,1-5H3/t11?,12-/m1/s1. The minimum absolute atomic E-state index is 0.477. The summed E-state index contributed by atoms with van der Waals surface area (Å²) in [7, 11) is 1.85.